The summed E-state index contributed by atoms with van der Waals surface area (Å²) in [5.41, 5.74) is 2.22. The van der Waals surface area contributed by atoms with Gasteiger partial charge < -0.3 is 19.4 Å². The Balaban J connectivity index is 1.54. The maximum atomic E-state index is 5.25. The van der Waals surface area contributed by atoms with Crippen molar-refractivity contribution in [2.75, 3.05) is 62.1 Å². The quantitative estimate of drug-likeness (QED) is 0.710. The highest BCUT2D eigenvalue weighted by Gasteiger charge is 2.21. The number of hydrogen-bond acceptors (Lipinski definition) is 6. The fraction of sp³-hybridized carbons (Fsp3) is 0.333. The Morgan fingerprint density at radius 1 is 0.852 bits per heavy atom. The zero-order chi connectivity index (χ0) is 18.8. The number of piperazine rings is 1. The highest BCUT2D eigenvalue weighted by molar-refractivity contribution is 5.90. The number of fused-ring (bicyclic) bond motifs is 1. The molecule has 0 amide bonds. The summed E-state index contributed by atoms with van der Waals surface area (Å²) in [5, 5.41) is 1.09. The smallest absolute Gasteiger partial charge is 0.228 e. The highest BCUT2D eigenvalue weighted by Crippen LogP contribution is 2.26. The zero-order valence-corrected chi connectivity index (χ0v) is 16.1. The molecular formula is C21H25N5O. The molecule has 1 aliphatic rings. The normalized spacial score (nSPS) is 14.5. The van der Waals surface area contributed by atoms with Crippen LogP contribution < -0.4 is 19.4 Å². The summed E-state index contributed by atoms with van der Waals surface area (Å²) in [7, 11) is 5.75. The number of anilines is 3. The van der Waals surface area contributed by atoms with Gasteiger partial charge in [0.25, 0.3) is 0 Å². The average Bonchev–Trinajstić information content (AvgIpc) is 2.73. The molecule has 0 bridgehead atoms. The van der Waals surface area contributed by atoms with Crippen molar-refractivity contribution in [3.8, 4) is 5.75 Å². The third kappa shape index (κ3) is 3.47. The molecule has 0 aliphatic carbocycles. The van der Waals surface area contributed by atoms with Gasteiger partial charge in [-0.2, -0.15) is 4.98 Å². The molecule has 1 fully saturated rings. The van der Waals surface area contributed by atoms with Crippen LogP contribution in [0.2, 0.25) is 0 Å². The molecule has 27 heavy (non-hydrogen) atoms. The summed E-state index contributed by atoms with van der Waals surface area (Å²) in [6.45, 7) is 3.69. The first-order chi connectivity index (χ1) is 13.2. The molecule has 140 valence electrons. The summed E-state index contributed by atoms with van der Waals surface area (Å²) >= 11 is 0. The molecule has 0 radical (unpaired) electrons. The molecule has 2 aromatic carbocycles. The molecule has 6 nitrogen and oxygen atoms in total. The first-order valence-electron chi connectivity index (χ1n) is 9.24. The summed E-state index contributed by atoms with van der Waals surface area (Å²) in [5.74, 6) is 2.66. The van der Waals surface area contributed by atoms with Crippen LogP contribution in [0.4, 0.5) is 17.5 Å². The third-order valence-corrected chi connectivity index (χ3v) is 4.99. The number of para-hydroxylation sites is 1. The first-order valence-corrected chi connectivity index (χ1v) is 9.24. The molecule has 0 atom stereocenters. The monoisotopic (exact) mass is 363 g/mol. The Bertz CT molecular complexity index is 918. The standard InChI is InChI=1S/C21H25N5O/c1-24(2)20-18-6-4-5-7-19(18)22-21(23-20)26-14-12-25(13-15-26)16-8-10-17(27-3)11-9-16/h4-11H,12-15H2,1-3H3. The lowest BCUT2D eigenvalue weighted by molar-refractivity contribution is 0.415. The Morgan fingerprint density at radius 3 is 2.19 bits per heavy atom. The van der Waals surface area contributed by atoms with E-state index in [-0.39, 0.29) is 0 Å². The van der Waals surface area contributed by atoms with Crippen molar-refractivity contribution < 1.29 is 4.74 Å². The summed E-state index contributed by atoms with van der Waals surface area (Å²) < 4.78 is 5.25. The van der Waals surface area contributed by atoms with Gasteiger partial charge >= 0.3 is 0 Å². The van der Waals surface area contributed by atoms with Crippen LogP contribution in [0, 0.1) is 0 Å². The second-order valence-electron chi connectivity index (χ2n) is 6.93. The Morgan fingerprint density at radius 2 is 1.52 bits per heavy atom. The van der Waals surface area contributed by atoms with Crippen LogP contribution in [0.3, 0.4) is 0 Å². The van der Waals surface area contributed by atoms with E-state index in [2.05, 4.69) is 39.0 Å². The number of hydrogen-bond donors (Lipinski definition) is 0. The fourth-order valence-electron chi connectivity index (χ4n) is 3.49. The Labute approximate surface area is 160 Å². The van der Waals surface area contributed by atoms with Crippen LogP contribution in [0.5, 0.6) is 5.75 Å². The zero-order valence-electron chi connectivity index (χ0n) is 16.1. The highest BCUT2D eigenvalue weighted by atomic mass is 16.5. The van der Waals surface area contributed by atoms with E-state index in [1.807, 2.05) is 38.4 Å². The Kier molecular flexibility index (Phi) is 4.71. The van der Waals surface area contributed by atoms with Crippen LogP contribution in [-0.2, 0) is 0 Å². The van der Waals surface area contributed by atoms with E-state index in [1.165, 1.54) is 5.69 Å². The van der Waals surface area contributed by atoms with E-state index in [0.29, 0.717) is 0 Å². The van der Waals surface area contributed by atoms with Crippen molar-refractivity contribution in [3.05, 3.63) is 48.5 Å². The maximum absolute atomic E-state index is 5.25. The third-order valence-electron chi connectivity index (χ3n) is 4.99. The number of methoxy groups -OCH3 is 1. The lowest BCUT2D eigenvalue weighted by Gasteiger charge is -2.36. The maximum Gasteiger partial charge on any atom is 0.228 e. The van der Waals surface area contributed by atoms with Gasteiger partial charge in [0.1, 0.15) is 11.6 Å². The Hall–Kier alpha value is -3.02. The topological polar surface area (TPSA) is 44.7 Å². The van der Waals surface area contributed by atoms with Crippen molar-refractivity contribution in [1.29, 1.82) is 0 Å². The van der Waals surface area contributed by atoms with Gasteiger partial charge in [0.05, 0.1) is 12.6 Å². The predicted octanol–water partition coefficient (Wildman–Crippen LogP) is 3.03. The van der Waals surface area contributed by atoms with Crippen LogP contribution in [0.1, 0.15) is 0 Å². The largest absolute Gasteiger partial charge is 0.497 e. The van der Waals surface area contributed by atoms with Crippen LogP contribution >= 0.6 is 0 Å². The number of rotatable bonds is 4. The van der Waals surface area contributed by atoms with Crippen molar-refractivity contribution in [3.63, 3.8) is 0 Å². The molecule has 2 heterocycles. The molecule has 1 aliphatic heterocycles. The number of nitrogens with zero attached hydrogens (tertiary/aromatic N) is 5. The van der Waals surface area contributed by atoms with Gasteiger partial charge in [-0.15, -0.1) is 0 Å². The molecule has 0 N–H and O–H groups in total. The van der Waals surface area contributed by atoms with Crippen molar-refractivity contribution in [2.24, 2.45) is 0 Å². The molecule has 1 aromatic heterocycles. The van der Waals surface area contributed by atoms with Crippen LogP contribution in [0.25, 0.3) is 10.9 Å². The minimum Gasteiger partial charge on any atom is -0.497 e. The SMILES string of the molecule is COc1ccc(N2CCN(c3nc(N(C)C)c4ccccc4n3)CC2)cc1. The van der Waals surface area contributed by atoms with E-state index in [9.17, 15) is 0 Å². The average molecular weight is 363 g/mol. The minimum absolute atomic E-state index is 0.812. The lowest BCUT2D eigenvalue weighted by atomic mass is 10.2. The molecule has 6 heteroatoms. The van der Waals surface area contributed by atoms with Gasteiger partial charge in [0, 0.05) is 51.3 Å². The number of ether oxygens (including phenoxy) is 1. The molecular weight excluding hydrogens is 338 g/mol. The van der Waals surface area contributed by atoms with Gasteiger partial charge in [-0.25, -0.2) is 4.98 Å². The van der Waals surface area contributed by atoms with Gasteiger partial charge in [0.2, 0.25) is 5.95 Å². The first kappa shape index (κ1) is 17.4. The van der Waals surface area contributed by atoms with Crippen molar-refractivity contribution in [2.45, 2.75) is 0 Å². The van der Waals surface area contributed by atoms with Gasteiger partial charge in [-0.05, 0) is 36.4 Å². The van der Waals surface area contributed by atoms with Crippen LogP contribution in [-0.4, -0.2) is 57.4 Å². The molecule has 0 saturated carbocycles. The molecule has 4 rings (SSSR count). The fourth-order valence-corrected chi connectivity index (χ4v) is 3.49. The summed E-state index contributed by atoms with van der Waals surface area (Å²) in [4.78, 5) is 16.4. The molecule has 0 unspecified atom stereocenters. The van der Waals surface area contributed by atoms with Gasteiger partial charge in [-0.1, -0.05) is 12.1 Å². The molecule has 1 saturated heterocycles. The van der Waals surface area contributed by atoms with Crippen LogP contribution in [0.15, 0.2) is 48.5 Å². The number of aromatic nitrogens is 2. The summed E-state index contributed by atoms with van der Waals surface area (Å²) in [6, 6.07) is 16.5. The number of benzene rings is 2. The second kappa shape index (κ2) is 7.31. The van der Waals surface area contributed by atoms with Gasteiger partial charge in [-0.3, -0.25) is 0 Å². The predicted molar refractivity (Wildman–Crippen MR) is 111 cm³/mol. The van der Waals surface area contributed by atoms with E-state index in [1.54, 1.807) is 7.11 Å². The van der Waals surface area contributed by atoms with E-state index in [4.69, 9.17) is 14.7 Å². The molecule has 3 aromatic rings. The molecule has 0 spiro atoms. The van der Waals surface area contributed by atoms with E-state index >= 15 is 0 Å². The van der Waals surface area contributed by atoms with Gasteiger partial charge in [0.15, 0.2) is 0 Å². The van der Waals surface area contributed by atoms with Crippen molar-refractivity contribution >= 4 is 28.4 Å². The minimum atomic E-state index is 0.812. The summed E-state index contributed by atoms with van der Waals surface area (Å²) in [6.07, 6.45) is 0. The second-order valence-corrected chi connectivity index (χ2v) is 6.93. The van der Waals surface area contributed by atoms with Crippen molar-refractivity contribution in [1.82, 2.24) is 9.97 Å². The van der Waals surface area contributed by atoms with E-state index < -0.39 is 0 Å². The van der Waals surface area contributed by atoms with E-state index in [0.717, 1.165) is 54.6 Å². The lowest BCUT2D eigenvalue weighted by Crippen LogP contribution is -2.47.